The van der Waals surface area contributed by atoms with Crippen LogP contribution in [0, 0.1) is 0 Å². The maximum atomic E-state index is 12.6. The van der Waals surface area contributed by atoms with Gasteiger partial charge in [0.2, 0.25) is 5.91 Å². The van der Waals surface area contributed by atoms with Crippen molar-refractivity contribution in [1.82, 2.24) is 4.90 Å². The zero-order valence-electron chi connectivity index (χ0n) is 12.8. The lowest BCUT2D eigenvalue weighted by Gasteiger charge is -2.40. The Labute approximate surface area is 136 Å². The number of benzene rings is 1. The van der Waals surface area contributed by atoms with Crippen molar-refractivity contribution < 1.29 is 14.3 Å². The molecule has 3 rings (SSSR count). The predicted molar refractivity (Wildman–Crippen MR) is 85.0 cm³/mol. The first-order chi connectivity index (χ1) is 10.7. The lowest BCUT2D eigenvalue weighted by molar-refractivity contribution is -0.143. The summed E-state index contributed by atoms with van der Waals surface area (Å²) in [7, 11) is 1.72. The van der Waals surface area contributed by atoms with Crippen molar-refractivity contribution in [3.63, 3.8) is 0 Å². The van der Waals surface area contributed by atoms with Crippen LogP contribution in [0.3, 0.4) is 0 Å². The van der Waals surface area contributed by atoms with E-state index in [1.807, 2.05) is 29.2 Å². The molecule has 2 aliphatic rings. The molecule has 1 aromatic carbocycles. The Balaban J connectivity index is 1.62. The summed E-state index contributed by atoms with van der Waals surface area (Å²) in [6.45, 7) is 1.47. The second-order valence-electron chi connectivity index (χ2n) is 5.93. The van der Waals surface area contributed by atoms with Crippen LogP contribution in [-0.4, -0.2) is 49.3 Å². The summed E-state index contributed by atoms with van der Waals surface area (Å²) in [5, 5.41) is 0.732. The van der Waals surface area contributed by atoms with Gasteiger partial charge in [-0.1, -0.05) is 29.8 Å². The minimum absolute atomic E-state index is 0.0306. The van der Waals surface area contributed by atoms with Crippen LogP contribution in [0.4, 0.5) is 0 Å². The van der Waals surface area contributed by atoms with Gasteiger partial charge in [-0.05, 0) is 30.9 Å². The summed E-state index contributed by atoms with van der Waals surface area (Å²) in [5.41, 5.74) is 1.03. The summed E-state index contributed by atoms with van der Waals surface area (Å²) in [5.74, 6) is 0.190. The molecule has 3 atom stereocenters. The molecular weight excluding hydrogens is 302 g/mol. The van der Waals surface area contributed by atoms with E-state index in [2.05, 4.69) is 0 Å². The van der Waals surface area contributed by atoms with E-state index in [9.17, 15) is 4.79 Å². The SMILES string of the molecule is CO[C@H]1CCN(C(=O)CCc2ccccc2Cl)[C@H]2CCO[C@H]12. The fraction of sp³-hybridized carbons (Fsp3) is 0.588. The Hall–Kier alpha value is -1.10. The summed E-state index contributed by atoms with van der Waals surface area (Å²) < 4.78 is 11.3. The summed E-state index contributed by atoms with van der Waals surface area (Å²) in [4.78, 5) is 14.6. The Kier molecular flexibility index (Phi) is 5.01. The maximum Gasteiger partial charge on any atom is 0.223 e. The Morgan fingerprint density at radius 3 is 3.00 bits per heavy atom. The standard InChI is InChI=1S/C17H22ClNO3/c1-21-15-8-10-19(14-9-11-22-17(14)15)16(20)7-6-12-4-2-3-5-13(12)18/h2-5,14-15,17H,6-11H2,1H3/t14-,15-,17-/m0/s1. The molecule has 4 nitrogen and oxygen atoms in total. The molecule has 0 N–H and O–H groups in total. The second kappa shape index (κ2) is 6.99. The second-order valence-corrected chi connectivity index (χ2v) is 6.34. The number of nitrogens with zero attached hydrogens (tertiary/aromatic N) is 1. The molecule has 0 bridgehead atoms. The third-order valence-electron chi connectivity index (χ3n) is 4.71. The van der Waals surface area contributed by atoms with Gasteiger partial charge in [0.15, 0.2) is 0 Å². The van der Waals surface area contributed by atoms with Gasteiger partial charge in [0.25, 0.3) is 0 Å². The molecule has 2 fully saturated rings. The molecule has 0 aliphatic carbocycles. The number of aryl methyl sites for hydroxylation is 1. The number of halogens is 1. The molecular formula is C17H22ClNO3. The number of fused-ring (bicyclic) bond motifs is 1. The number of amides is 1. The first-order valence-corrected chi connectivity index (χ1v) is 8.26. The highest BCUT2D eigenvalue weighted by molar-refractivity contribution is 6.31. The number of methoxy groups -OCH3 is 1. The predicted octanol–water partition coefficient (Wildman–Crippen LogP) is 2.68. The molecule has 1 aromatic rings. The van der Waals surface area contributed by atoms with Crippen molar-refractivity contribution in [2.24, 2.45) is 0 Å². The average Bonchev–Trinajstić information content (AvgIpc) is 3.02. The highest BCUT2D eigenvalue weighted by Crippen LogP contribution is 2.30. The Bertz CT molecular complexity index is 536. The van der Waals surface area contributed by atoms with Gasteiger partial charge in [-0.2, -0.15) is 0 Å². The highest BCUT2D eigenvalue weighted by Gasteiger charge is 2.43. The van der Waals surface area contributed by atoms with Crippen molar-refractivity contribution in [2.75, 3.05) is 20.3 Å². The Morgan fingerprint density at radius 2 is 2.23 bits per heavy atom. The van der Waals surface area contributed by atoms with Crippen molar-refractivity contribution in [2.45, 2.75) is 43.9 Å². The van der Waals surface area contributed by atoms with E-state index in [-0.39, 0.29) is 24.2 Å². The number of carbonyl (C=O) groups excluding carboxylic acids is 1. The van der Waals surface area contributed by atoms with Crippen LogP contribution >= 0.6 is 11.6 Å². The maximum absolute atomic E-state index is 12.6. The van der Waals surface area contributed by atoms with Crippen LogP contribution in [0.25, 0.3) is 0 Å². The first-order valence-electron chi connectivity index (χ1n) is 7.88. The molecule has 22 heavy (non-hydrogen) atoms. The van der Waals surface area contributed by atoms with Gasteiger partial charge in [0, 0.05) is 31.7 Å². The van der Waals surface area contributed by atoms with E-state index in [0.717, 1.165) is 30.0 Å². The lowest BCUT2D eigenvalue weighted by atomic mass is 9.95. The van der Waals surface area contributed by atoms with Gasteiger partial charge in [0.05, 0.1) is 12.1 Å². The molecule has 0 aromatic heterocycles. The van der Waals surface area contributed by atoms with Crippen LogP contribution in [0.15, 0.2) is 24.3 Å². The molecule has 2 heterocycles. The van der Waals surface area contributed by atoms with Gasteiger partial charge >= 0.3 is 0 Å². The van der Waals surface area contributed by atoms with Crippen molar-refractivity contribution in [1.29, 1.82) is 0 Å². The number of hydrogen-bond donors (Lipinski definition) is 0. The molecule has 120 valence electrons. The van der Waals surface area contributed by atoms with E-state index >= 15 is 0 Å². The van der Waals surface area contributed by atoms with Gasteiger partial charge in [-0.15, -0.1) is 0 Å². The van der Waals surface area contributed by atoms with Crippen LogP contribution in [0.1, 0.15) is 24.8 Å². The smallest absolute Gasteiger partial charge is 0.223 e. The normalized spacial score (nSPS) is 27.7. The van der Waals surface area contributed by atoms with E-state index in [0.29, 0.717) is 19.4 Å². The summed E-state index contributed by atoms with van der Waals surface area (Å²) in [6.07, 6.45) is 3.06. The quantitative estimate of drug-likeness (QED) is 0.855. The number of ether oxygens (including phenoxy) is 2. The molecule has 0 radical (unpaired) electrons. The lowest BCUT2D eigenvalue weighted by Crippen LogP contribution is -2.55. The minimum Gasteiger partial charge on any atom is -0.379 e. The van der Waals surface area contributed by atoms with E-state index in [1.165, 1.54) is 0 Å². The van der Waals surface area contributed by atoms with Crippen LogP contribution in [-0.2, 0) is 20.7 Å². The molecule has 1 amide bonds. The number of likely N-dealkylation sites (tertiary alicyclic amines) is 1. The van der Waals surface area contributed by atoms with Gasteiger partial charge in [0.1, 0.15) is 6.10 Å². The molecule has 5 heteroatoms. The summed E-state index contributed by atoms with van der Waals surface area (Å²) >= 11 is 6.16. The first kappa shape index (κ1) is 15.8. The van der Waals surface area contributed by atoms with E-state index < -0.39 is 0 Å². The largest absolute Gasteiger partial charge is 0.379 e. The zero-order valence-corrected chi connectivity index (χ0v) is 13.6. The molecule has 0 saturated carbocycles. The molecule has 0 spiro atoms. The van der Waals surface area contributed by atoms with Crippen molar-refractivity contribution in [3.05, 3.63) is 34.9 Å². The average molecular weight is 324 g/mol. The van der Waals surface area contributed by atoms with Crippen molar-refractivity contribution in [3.8, 4) is 0 Å². The van der Waals surface area contributed by atoms with Gasteiger partial charge in [-0.25, -0.2) is 0 Å². The third kappa shape index (κ3) is 3.14. The fourth-order valence-electron chi connectivity index (χ4n) is 3.53. The van der Waals surface area contributed by atoms with E-state index in [1.54, 1.807) is 7.11 Å². The molecule has 2 aliphatic heterocycles. The fourth-order valence-corrected chi connectivity index (χ4v) is 3.76. The number of hydrogen-bond acceptors (Lipinski definition) is 3. The third-order valence-corrected chi connectivity index (χ3v) is 5.08. The molecule has 2 saturated heterocycles. The van der Waals surface area contributed by atoms with Gasteiger partial charge in [-0.3, -0.25) is 4.79 Å². The number of piperidine rings is 1. The Morgan fingerprint density at radius 1 is 1.41 bits per heavy atom. The van der Waals surface area contributed by atoms with Gasteiger partial charge < -0.3 is 14.4 Å². The topological polar surface area (TPSA) is 38.8 Å². The zero-order chi connectivity index (χ0) is 15.5. The number of carbonyl (C=O) groups is 1. The monoisotopic (exact) mass is 323 g/mol. The highest BCUT2D eigenvalue weighted by atomic mass is 35.5. The summed E-state index contributed by atoms with van der Waals surface area (Å²) in [6, 6.07) is 7.87. The molecule has 0 unspecified atom stereocenters. The number of rotatable bonds is 4. The van der Waals surface area contributed by atoms with Crippen molar-refractivity contribution >= 4 is 17.5 Å². The van der Waals surface area contributed by atoms with Crippen LogP contribution in [0.5, 0.6) is 0 Å². The van der Waals surface area contributed by atoms with Crippen LogP contribution in [0.2, 0.25) is 5.02 Å². The van der Waals surface area contributed by atoms with E-state index in [4.69, 9.17) is 21.1 Å². The minimum atomic E-state index is 0.0306. The van der Waals surface area contributed by atoms with Crippen LogP contribution < -0.4 is 0 Å².